The number of hydrogen-bond donors (Lipinski definition) is 0. The number of rotatable bonds is 13. The summed E-state index contributed by atoms with van der Waals surface area (Å²) in [5, 5.41) is 11.4. The topological polar surface area (TPSA) is 95.4 Å². The van der Waals surface area contributed by atoms with Gasteiger partial charge in [0.2, 0.25) is 0 Å². The molecule has 0 aliphatic heterocycles. The van der Waals surface area contributed by atoms with Gasteiger partial charge in [0.25, 0.3) is 0 Å². The zero-order valence-corrected chi connectivity index (χ0v) is 85.7. The Balaban J connectivity index is 0.000000133. The summed E-state index contributed by atoms with van der Waals surface area (Å²) < 4.78 is 11.0. The van der Waals surface area contributed by atoms with E-state index in [-0.39, 0.29) is 60.3 Å². The molecule has 0 saturated heterocycles. The Labute approximate surface area is 821 Å². The summed E-state index contributed by atoms with van der Waals surface area (Å²) in [6.45, 7) is 21.4. The van der Waals surface area contributed by atoms with Gasteiger partial charge in [-0.15, -0.1) is 173 Å². The maximum atomic E-state index is 6.07. The van der Waals surface area contributed by atoms with Crippen LogP contribution in [0.3, 0.4) is 0 Å². The number of hydrogen-bond acceptors (Lipinski definition) is 8. The van der Waals surface area contributed by atoms with Crippen molar-refractivity contribution in [3.05, 3.63) is 450 Å². The molecule has 132 heavy (non-hydrogen) atoms. The van der Waals surface area contributed by atoms with Gasteiger partial charge >= 0.3 is 0 Å². The van der Waals surface area contributed by atoms with Crippen LogP contribution in [0.4, 0.5) is 0 Å². The summed E-state index contributed by atoms with van der Waals surface area (Å²) >= 11 is 1.84. The second-order valence-electron chi connectivity index (χ2n) is 34.4. The molecule has 0 aliphatic rings. The summed E-state index contributed by atoms with van der Waals surface area (Å²) in [5.74, 6) is 0. The van der Waals surface area contributed by atoms with Crippen molar-refractivity contribution >= 4 is 115 Å². The van der Waals surface area contributed by atoms with Crippen molar-refractivity contribution in [2.24, 2.45) is 0 Å². The molecule has 0 saturated carbocycles. The molecule has 0 N–H and O–H groups in total. The van der Waals surface area contributed by atoms with E-state index in [0.29, 0.717) is 0 Å². The minimum Gasteiger partial charge on any atom is -0.476 e. The quantitative estimate of drug-likeness (QED) is 0.0838. The van der Waals surface area contributed by atoms with Crippen LogP contribution in [-0.4, -0.2) is 58.7 Å². The molecule has 8 nitrogen and oxygen atoms in total. The van der Waals surface area contributed by atoms with Crippen LogP contribution in [0, 0.1) is 36.4 Å². The maximum absolute atomic E-state index is 6.07. The van der Waals surface area contributed by atoms with Gasteiger partial charge in [-0.3, -0.25) is 0 Å². The summed E-state index contributed by atoms with van der Waals surface area (Å²) in [6.07, 6.45) is 11.6. The molecule has 0 bridgehead atoms. The minimum atomic E-state index is -1.58. The zero-order valence-electron chi connectivity index (χ0n) is 74.7. The van der Waals surface area contributed by atoms with E-state index in [4.69, 9.17) is 19.4 Å². The molecule has 22 aromatic rings. The Morgan fingerprint density at radius 3 is 1.05 bits per heavy atom. The summed E-state index contributed by atoms with van der Waals surface area (Å²) in [4.78, 5) is 27.3. The molecule has 9 heterocycles. The van der Waals surface area contributed by atoms with Crippen molar-refractivity contribution in [2.45, 2.75) is 58.9 Å². The first kappa shape index (κ1) is 95.3. The fourth-order valence-electron chi connectivity index (χ4n) is 15.9. The van der Waals surface area contributed by atoms with Gasteiger partial charge in [-0.2, -0.15) is 11.3 Å². The van der Waals surface area contributed by atoms with E-state index in [1.54, 1.807) is 18.6 Å². The van der Waals surface area contributed by atoms with Crippen LogP contribution in [0.15, 0.2) is 418 Å². The number of benzene rings is 13. The van der Waals surface area contributed by atoms with Gasteiger partial charge in [-0.05, 0) is 158 Å². The van der Waals surface area contributed by atoms with E-state index in [9.17, 15) is 0 Å². The first-order chi connectivity index (χ1) is 62.9. The van der Waals surface area contributed by atoms with Crippen molar-refractivity contribution in [2.75, 3.05) is 0 Å². The van der Waals surface area contributed by atoms with Gasteiger partial charge in [-0.25, -0.2) is 0 Å². The predicted molar refractivity (Wildman–Crippen MR) is 551 cm³/mol. The van der Waals surface area contributed by atoms with Gasteiger partial charge < -0.3 is 38.9 Å². The Morgan fingerprint density at radius 2 is 0.621 bits per heavy atom. The summed E-state index contributed by atoms with van der Waals surface area (Å²) in [5.41, 5.74) is 24.8. The molecule has 15 heteroatoms. The standard InChI is InChI=1S/C32H27N2Si.C26H22NOSi.C26H22NSSi.3C11H8N.3Ir/c1-35(2,3)32-22-33-29(21-28(32)23-12-6-4-7-13-23)24-18-19-27-26-16-10-11-17-30(26)34(31(27)20-24)25-14-8-5-9-15-25;2*1-29(2,3)26-17-27-23(16-22(26)18-9-5-4-6-10-18)19-13-14-21-20-11-7-8-12-24(20)28-25(21)15-19;3*1-2-6-10(7-3-1)11-8-4-5-9-12-11;;;/h4-17,19-22H,1-3H3;2*4-12,14-17H,1-3H3;3*1-6,8-9H;;;/q6*-1;;;. The fraction of sp³-hybridized carbons (Fsp3) is 0.0769. The minimum absolute atomic E-state index is 0. The molecule has 0 aliphatic carbocycles. The van der Waals surface area contributed by atoms with Crippen molar-refractivity contribution in [1.29, 1.82) is 0 Å². The number of fused-ring (bicyclic) bond motifs is 9. The Hall–Kier alpha value is -12.8. The second-order valence-corrected chi connectivity index (χ2v) is 50.6. The van der Waals surface area contributed by atoms with Gasteiger partial charge in [0.1, 0.15) is 5.58 Å². The Kier molecular flexibility index (Phi) is 31.7. The van der Waals surface area contributed by atoms with Crippen molar-refractivity contribution in [1.82, 2.24) is 34.5 Å². The molecular formula is C117H95Ir3N7OSSi3-6. The van der Waals surface area contributed by atoms with Crippen LogP contribution >= 0.6 is 11.3 Å². The van der Waals surface area contributed by atoms with Crippen LogP contribution in [0.25, 0.3) is 171 Å². The summed E-state index contributed by atoms with van der Waals surface area (Å²) in [7, 11) is -4.64. The van der Waals surface area contributed by atoms with Crippen molar-refractivity contribution in [3.63, 3.8) is 0 Å². The van der Waals surface area contributed by atoms with Crippen LogP contribution in [0.5, 0.6) is 0 Å². The van der Waals surface area contributed by atoms with Crippen molar-refractivity contribution in [3.8, 4) is 107 Å². The first-order valence-electron chi connectivity index (χ1n) is 43.4. The van der Waals surface area contributed by atoms with E-state index in [0.717, 1.165) is 95.2 Å². The average molecular weight is 2310 g/mol. The smallest absolute Gasteiger partial charge is 0.123 e. The zero-order chi connectivity index (χ0) is 88.7. The number of pyridine rings is 6. The predicted octanol–water partition coefficient (Wildman–Crippen LogP) is 29.3. The van der Waals surface area contributed by atoms with E-state index in [1.807, 2.05) is 163 Å². The SMILES string of the molecule is C[Si](C)(C)c1cnc(-c2[c-]cc3c(c2)oc2ccccc23)cc1-c1ccccc1.C[Si](C)(C)c1cnc(-c2[c-]cc3c(c2)sc2ccccc23)cc1-c1ccccc1.C[Si](C)(C)c1cnc(-c2[c-]cc3c4ccccc4n(-c4ccccc4)c3c2)cc1-c1ccccc1.[Ir].[Ir].[Ir].[c-]1ccccc1-c1ccccn1.[c-]1ccccc1-c1ccccn1.[c-]1ccccc1-c1ccccn1. The first-order valence-corrected chi connectivity index (χ1v) is 54.7. The second kappa shape index (κ2) is 43.9. The normalized spacial score (nSPS) is 11.0. The third-order valence-corrected chi connectivity index (χ3v) is 29.6. The van der Waals surface area contributed by atoms with Gasteiger partial charge in [0.05, 0.1) is 29.8 Å². The summed E-state index contributed by atoms with van der Waals surface area (Å²) in [6, 6.07) is 148. The van der Waals surface area contributed by atoms with Crippen LogP contribution in [0.1, 0.15) is 0 Å². The van der Waals surface area contributed by atoms with Gasteiger partial charge in [-0.1, -0.05) is 300 Å². The molecule has 0 fully saturated rings. The molecule has 0 atom stereocenters. The number of nitrogens with zero attached hydrogens (tertiary/aromatic N) is 7. The Bertz CT molecular complexity index is 7020. The number of furan rings is 1. The van der Waals surface area contributed by atoms with Crippen LogP contribution in [0.2, 0.25) is 58.9 Å². The molecule has 22 rings (SSSR count). The Morgan fingerprint density at radius 1 is 0.258 bits per heavy atom. The van der Waals surface area contributed by atoms with Gasteiger partial charge in [0, 0.05) is 113 Å². The number of para-hydroxylation sites is 3. The monoisotopic (exact) mass is 2310 g/mol. The molecule has 3 radical (unpaired) electrons. The van der Waals surface area contributed by atoms with Gasteiger partial charge in [0.15, 0.2) is 0 Å². The molecule has 0 amide bonds. The molecular weight excluding hydrogens is 2210 g/mol. The molecule has 13 aromatic carbocycles. The van der Waals surface area contributed by atoms with E-state index < -0.39 is 24.2 Å². The molecule has 0 unspecified atom stereocenters. The van der Waals surface area contributed by atoms with Crippen LogP contribution < -0.4 is 15.6 Å². The van der Waals surface area contributed by atoms with Crippen LogP contribution in [-0.2, 0) is 60.3 Å². The van der Waals surface area contributed by atoms with Crippen molar-refractivity contribution < 1.29 is 64.7 Å². The maximum Gasteiger partial charge on any atom is 0.123 e. The number of aromatic nitrogens is 7. The average Bonchev–Trinajstić information content (AvgIpc) is 1.59. The molecule has 655 valence electrons. The largest absolute Gasteiger partial charge is 0.476 e. The molecule has 9 aromatic heterocycles. The van der Waals surface area contributed by atoms with E-state index in [2.05, 4.69) is 358 Å². The third kappa shape index (κ3) is 22.7. The molecule has 0 spiro atoms. The third-order valence-electron chi connectivity index (χ3n) is 22.4. The van der Waals surface area contributed by atoms with E-state index >= 15 is 0 Å². The number of thiophene rings is 1. The fourth-order valence-corrected chi connectivity index (χ4v) is 21.5. The van der Waals surface area contributed by atoms with E-state index in [1.165, 1.54) is 90.9 Å².